The highest BCUT2D eigenvalue weighted by Crippen LogP contribution is 2.33. The second kappa shape index (κ2) is 5.23. The molecule has 0 aliphatic carbocycles. The molecule has 5 heteroatoms. The number of ether oxygens (including phenoxy) is 1. The molecule has 13 heavy (non-hydrogen) atoms. The van der Waals surface area contributed by atoms with E-state index in [0.717, 1.165) is 31.6 Å². The summed E-state index contributed by atoms with van der Waals surface area (Å²) in [4.78, 5) is 0. The van der Waals surface area contributed by atoms with Crippen LogP contribution in [0.15, 0.2) is 0 Å². The van der Waals surface area contributed by atoms with Gasteiger partial charge in [0.25, 0.3) is 4.38 Å². The Bertz CT molecular complexity index is 214. The number of morpholine rings is 1. The van der Waals surface area contributed by atoms with E-state index in [4.69, 9.17) is 4.74 Å². The summed E-state index contributed by atoms with van der Waals surface area (Å²) in [6, 6.07) is 0. The van der Waals surface area contributed by atoms with Gasteiger partial charge in [0.15, 0.2) is 13.1 Å². The molecule has 0 spiro atoms. The molecule has 2 aliphatic heterocycles. The quantitative estimate of drug-likeness (QED) is 0.412. The van der Waals surface area contributed by atoms with Gasteiger partial charge in [-0.2, -0.15) is 0 Å². The average molecular weight is 330 g/mol. The average Bonchev–Trinajstić information content (AvgIpc) is 2.67. The normalized spacial score (nSPS) is 29.8. The summed E-state index contributed by atoms with van der Waals surface area (Å²) in [6.45, 7) is 3.98. The van der Waals surface area contributed by atoms with Crippen molar-refractivity contribution in [3.8, 4) is 0 Å². The van der Waals surface area contributed by atoms with Crippen LogP contribution in [0, 0.1) is 0 Å². The molecule has 2 aliphatic rings. The topological polar surface area (TPSA) is 12.2 Å². The summed E-state index contributed by atoms with van der Waals surface area (Å²) in [5.74, 6) is 1.29. The van der Waals surface area contributed by atoms with Crippen molar-refractivity contribution in [3.63, 3.8) is 0 Å². The fourth-order valence-corrected chi connectivity index (χ4v) is 5.49. The van der Waals surface area contributed by atoms with Crippen molar-refractivity contribution in [1.29, 1.82) is 0 Å². The molecule has 1 unspecified atom stereocenters. The molecule has 74 valence electrons. The van der Waals surface area contributed by atoms with E-state index in [1.54, 1.807) is 0 Å². The SMILES string of the molecule is ICC1CSC(=[N+]2CCOCC2)S1. The van der Waals surface area contributed by atoms with Gasteiger partial charge < -0.3 is 4.74 Å². The molecule has 2 fully saturated rings. The van der Waals surface area contributed by atoms with E-state index in [0.29, 0.717) is 0 Å². The van der Waals surface area contributed by atoms with Crippen LogP contribution in [0.25, 0.3) is 0 Å². The third-order valence-corrected chi connectivity index (χ3v) is 6.82. The Morgan fingerprint density at radius 1 is 1.46 bits per heavy atom. The van der Waals surface area contributed by atoms with Crippen LogP contribution >= 0.6 is 46.1 Å². The minimum atomic E-state index is 0.837. The fraction of sp³-hybridized carbons (Fsp3) is 0.875. The van der Waals surface area contributed by atoms with Crippen molar-refractivity contribution in [3.05, 3.63) is 0 Å². The monoisotopic (exact) mass is 330 g/mol. The molecule has 0 bridgehead atoms. The van der Waals surface area contributed by atoms with E-state index >= 15 is 0 Å². The van der Waals surface area contributed by atoms with Crippen LogP contribution in [0.2, 0.25) is 0 Å². The summed E-state index contributed by atoms with van der Waals surface area (Å²) >= 11 is 6.57. The maximum atomic E-state index is 5.34. The predicted octanol–water partition coefficient (Wildman–Crippen LogP) is 1.67. The van der Waals surface area contributed by atoms with E-state index in [-0.39, 0.29) is 0 Å². The zero-order valence-electron chi connectivity index (χ0n) is 7.37. The van der Waals surface area contributed by atoms with Crippen LogP contribution < -0.4 is 0 Å². The Hall–Kier alpha value is 1.06. The van der Waals surface area contributed by atoms with Crippen molar-refractivity contribution in [1.82, 2.24) is 0 Å². The lowest BCUT2D eigenvalue weighted by Gasteiger charge is -2.11. The molecule has 0 saturated carbocycles. The van der Waals surface area contributed by atoms with Crippen LogP contribution in [0.1, 0.15) is 0 Å². The van der Waals surface area contributed by atoms with Gasteiger partial charge in [0, 0.05) is 15.4 Å². The standard InChI is InChI=1S/C8H13INOS2/c9-5-7-6-12-8(13-7)10-1-3-11-4-2-10/h7H,1-6H2/q+1. The van der Waals surface area contributed by atoms with Crippen molar-refractivity contribution >= 4 is 50.5 Å². The number of rotatable bonds is 1. The van der Waals surface area contributed by atoms with E-state index < -0.39 is 0 Å². The Labute approximate surface area is 101 Å². The van der Waals surface area contributed by atoms with Gasteiger partial charge in [0.2, 0.25) is 0 Å². The highest BCUT2D eigenvalue weighted by molar-refractivity contribution is 14.1. The maximum Gasteiger partial charge on any atom is 0.270 e. The second-order valence-electron chi connectivity index (χ2n) is 3.07. The van der Waals surface area contributed by atoms with Gasteiger partial charge in [0.1, 0.15) is 13.2 Å². The van der Waals surface area contributed by atoms with Crippen molar-refractivity contribution < 1.29 is 9.31 Å². The number of hydrogen-bond acceptors (Lipinski definition) is 3. The third-order valence-electron chi connectivity index (χ3n) is 2.10. The first-order valence-corrected chi connectivity index (χ1v) is 7.84. The lowest BCUT2D eigenvalue weighted by atomic mass is 10.5. The molecule has 0 aromatic heterocycles. The lowest BCUT2D eigenvalue weighted by molar-refractivity contribution is -0.544. The number of halogens is 1. The number of alkyl halides is 1. The third kappa shape index (κ3) is 2.76. The number of nitrogens with zero attached hydrogens (tertiary/aromatic N) is 1. The van der Waals surface area contributed by atoms with Crippen LogP contribution in [0.3, 0.4) is 0 Å². The highest BCUT2D eigenvalue weighted by Gasteiger charge is 2.29. The molecule has 2 heterocycles. The highest BCUT2D eigenvalue weighted by atomic mass is 127. The minimum absolute atomic E-state index is 0.837. The first-order chi connectivity index (χ1) is 6.40. The zero-order valence-corrected chi connectivity index (χ0v) is 11.2. The van der Waals surface area contributed by atoms with Gasteiger partial charge in [-0.15, -0.1) is 0 Å². The molecule has 2 saturated heterocycles. The molecule has 0 aromatic carbocycles. The largest absolute Gasteiger partial charge is 0.368 e. The second-order valence-corrected chi connectivity index (χ2v) is 6.51. The Balaban J connectivity index is 1.98. The van der Waals surface area contributed by atoms with E-state index in [2.05, 4.69) is 38.9 Å². The van der Waals surface area contributed by atoms with E-state index in [9.17, 15) is 0 Å². The van der Waals surface area contributed by atoms with E-state index in [1.165, 1.54) is 14.6 Å². The van der Waals surface area contributed by atoms with Crippen LogP contribution in [-0.4, -0.2) is 50.7 Å². The molecule has 0 aromatic rings. The van der Waals surface area contributed by atoms with Gasteiger partial charge in [-0.1, -0.05) is 22.6 Å². The van der Waals surface area contributed by atoms with E-state index in [1.807, 2.05) is 11.8 Å². The summed E-state index contributed by atoms with van der Waals surface area (Å²) < 4.78 is 10.6. The lowest BCUT2D eigenvalue weighted by Crippen LogP contribution is -2.31. The summed E-state index contributed by atoms with van der Waals surface area (Å²) in [5, 5.41) is 0.837. The van der Waals surface area contributed by atoms with Gasteiger partial charge in [0.05, 0.1) is 0 Å². The van der Waals surface area contributed by atoms with Crippen molar-refractivity contribution in [2.24, 2.45) is 0 Å². The molecular weight excluding hydrogens is 317 g/mol. The molecular formula is C8H13INOS2+. The molecule has 2 rings (SSSR count). The zero-order chi connectivity index (χ0) is 9.10. The summed E-state index contributed by atoms with van der Waals surface area (Å²) in [6.07, 6.45) is 0. The predicted molar refractivity (Wildman–Crippen MR) is 68.5 cm³/mol. The number of hydrogen-bond donors (Lipinski definition) is 0. The van der Waals surface area contributed by atoms with Gasteiger partial charge in [-0.05, 0) is 23.5 Å². The Kier molecular flexibility index (Phi) is 4.25. The van der Waals surface area contributed by atoms with Crippen LogP contribution in [-0.2, 0) is 4.74 Å². The maximum absolute atomic E-state index is 5.34. The molecule has 0 amide bonds. The van der Waals surface area contributed by atoms with Crippen LogP contribution in [0.4, 0.5) is 0 Å². The van der Waals surface area contributed by atoms with Crippen molar-refractivity contribution in [2.45, 2.75) is 5.25 Å². The molecule has 0 radical (unpaired) electrons. The molecule has 1 atom stereocenters. The summed E-state index contributed by atoms with van der Waals surface area (Å²) in [5.41, 5.74) is 0. The van der Waals surface area contributed by atoms with Gasteiger partial charge in [-0.25, -0.2) is 4.58 Å². The van der Waals surface area contributed by atoms with Gasteiger partial charge >= 0.3 is 0 Å². The molecule has 2 nitrogen and oxygen atoms in total. The smallest absolute Gasteiger partial charge is 0.270 e. The van der Waals surface area contributed by atoms with Crippen LogP contribution in [0.5, 0.6) is 0 Å². The number of thioether (sulfide) groups is 2. The molecule has 0 N–H and O–H groups in total. The Morgan fingerprint density at radius 2 is 2.23 bits per heavy atom. The minimum Gasteiger partial charge on any atom is -0.368 e. The van der Waals surface area contributed by atoms with Gasteiger partial charge in [-0.3, -0.25) is 0 Å². The Morgan fingerprint density at radius 3 is 2.85 bits per heavy atom. The fourth-order valence-electron chi connectivity index (χ4n) is 1.36. The first-order valence-electron chi connectivity index (χ1n) is 4.45. The first kappa shape index (κ1) is 10.6. The van der Waals surface area contributed by atoms with Crippen molar-refractivity contribution in [2.75, 3.05) is 36.5 Å². The summed E-state index contributed by atoms with van der Waals surface area (Å²) in [7, 11) is 0.